The largest absolute Gasteiger partial charge is 0.333 e. The molecule has 0 amide bonds. The van der Waals surface area contributed by atoms with Crippen molar-refractivity contribution < 1.29 is 9.46 Å². The molecule has 1 unspecified atom stereocenters. The molecule has 4 nitrogen and oxygen atoms in total. The van der Waals surface area contributed by atoms with E-state index in [4.69, 9.17) is 0 Å². The lowest BCUT2D eigenvalue weighted by Crippen LogP contribution is -2.31. The van der Waals surface area contributed by atoms with Crippen molar-refractivity contribution in [3.05, 3.63) is 66.0 Å². The first kappa shape index (κ1) is 15.4. The molecule has 22 heavy (non-hydrogen) atoms. The van der Waals surface area contributed by atoms with Crippen LogP contribution in [-0.4, -0.2) is 21.1 Å². The van der Waals surface area contributed by atoms with Gasteiger partial charge in [0.1, 0.15) is 0 Å². The molecule has 1 fully saturated rings. The molecular formula is C17H21N2O2P. The van der Waals surface area contributed by atoms with Gasteiger partial charge in [0.05, 0.1) is 6.16 Å². The Morgan fingerprint density at radius 3 is 2.73 bits per heavy atom. The van der Waals surface area contributed by atoms with Gasteiger partial charge in [0, 0.05) is 25.0 Å². The number of hydrogen-bond acceptors (Lipinski definition) is 2. The Balaban J connectivity index is 1.85. The minimum atomic E-state index is -3.41. The molecule has 116 valence electrons. The summed E-state index contributed by atoms with van der Waals surface area (Å²) in [4.78, 5) is 14.8. The molecule has 3 rings (SSSR count). The Morgan fingerprint density at radius 2 is 2.00 bits per heavy atom. The molecule has 0 spiro atoms. The van der Waals surface area contributed by atoms with Crippen molar-refractivity contribution in [3.63, 3.8) is 0 Å². The van der Waals surface area contributed by atoms with Crippen molar-refractivity contribution in [2.24, 2.45) is 0 Å². The lowest BCUT2D eigenvalue weighted by Gasteiger charge is -2.38. The Morgan fingerprint density at radius 1 is 1.18 bits per heavy atom. The van der Waals surface area contributed by atoms with Gasteiger partial charge < -0.3 is 4.89 Å². The van der Waals surface area contributed by atoms with Gasteiger partial charge in [-0.15, -0.1) is 0 Å². The third kappa shape index (κ3) is 3.46. The number of piperidine rings is 1. The molecule has 2 aromatic rings. The molecule has 0 bridgehead atoms. The van der Waals surface area contributed by atoms with Crippen molar-refractivity contribution >= 4 is 7.52 Å². The molecule has 1 aliphatic rings. The fraction of sp³-hybridized carbons (Fsp3) is 0.353. The second-order valence-corrected chi connectivity index (χ2v) is 7.93. The van der Waals surface area contributed by atoms with Crippen LogP contribution in [0.15, 0.2) is 54.9 Å². The van der Waals surface area contributed by atoms with Gasteiger partial charge in [-0.05, 0) is 30.0 Å². The summed E-state index contributed by atoms with van der Waals surface area (Å²) >= 11 is 0. The maximum absolute atomic E-state index is 13.0. The molecule has 0 saturated carbocycles. The van der Waals surface area contributed by atoms with Gasteiger partial charge in [-0.2, -0.15) is 0 Å². The van der Waals surface area contributed by atoms with Crippen LogP contribution in [0.4, 0.5) is 0 Å². The molecular weight excluding hydrogens is 295 g/mol. The van der Waals surface area contributed by atoms with Gasteiger partial charge in [0.25, 0.3) is 7.52 Å². The van der Waals surface area contributed by atoms with E-state index in [1.54, 1.807) is 10.9 Å². The average molecular weight is 316 g/mol. The molecule has 1 aromatic heterocycles. The number of nitrogens with zero attached hydrogens (tertiary/aromatic N) is 2. The minimum absolute atomic E-state index is 0.0120. The van der Waals surface area contributed by atoms with E-state index in [9.17, 15) is 9.46 Å². The summed E-state index contributed by atoms with van der Waals surface area (Å²) in [6, 6.07) is 13.4. The minimum Gasteiger partial charge on any atom is -0.333 e. The lowest BCUT2D eigenvalue weighted by molar-refractivity contribution is 0.226. The molecule has 0 aliphatic carbocycles. The van der Waals surface area contributed by atoms with Crippen LogP contribution in [0, 0.1) is 0 Å². The summed E-state index contributed by atoms with van der Waals surface area (Å²) in [7, 11) is -3.41. The van der Waals surface area contributed by atoms with Crippen molar-refractivity contribution in [1.82, 2.24) is 9.65 Å². The standard InChI is InChI=1S/C17H21N2O2P/c20-22(21,14-15-7-2-1-3-8-15)19-12-5-4-10-17(19)16-9-6-11-18-13-16/h1-3,6-9,11,13,17H,4-5,10,12,14H2,(H,20,21)/t17-/m0/s1. The summed E-state index contributed by atoms with van der Waals surface area (Å²) in [6.07, 6.45) is 6.71. The molecule has 0 radical (unpaired) electrons. The summed E-state index contributed by atoms with van der Waals surface area (Å²) in [5, 5.41) is 0. The van der Waals surface area contributed by atoms with Crippen molar-refractivity contribution in [2.45, 2.75) is 31.5 Å². The first-order chi connectivity index (χ1) is 10.7. The number of hydrogen-bond donors (Lipinski definition) is 1. The molecule has 1 aliphatic heterocycles. The maximum atomic E-state index is 13.0. The average Bonchev–Trinajstić information content (AvgIpc) is 2.56. The second kappa shape index (κ2) is 6.74. The van der Waals surface area contributed by atoms with E-state index in [1.165, 1.54) is 0 Å². The van der Waals surface area contributed by atoms with Crippen LogP contribution < -0.4 is 0 Å². The number of pyridine rings is 1. The Kier molecular flexibility index (Phi) is 4.72. The highest BCUT2D eigenvalue weighted by atomic mass is 31.2. The van der Waals surface area contributed by atoms with Crippen LogP contribution in [-0.2, 0) is 10.7 Å². The van der Waals surface area contributed by atoms with E-state index >= 15 is 0 Å². The highest BCUT2D eigenvalue weighted by Gasteiger charge is 2.36. The van der Waals surface area contributed by atoms with Crippen LogP contribution in [0.5, 0.6) is 0 Å². The highest BCUT2D eigenvalue weighted by Crippen LogP contribution is 2.55. The first-order valence-corrected chi connectivity index (χ1v) is 9.49. The maximum Gasteiger partial charge on any atom is 0.274 e. The topological polar surface area (TPSA) is 53.4 Å². The van der Waals surface area contributed by atoms with Crippen molar-refractivity contribution in [1.29, 1.82) is 0 Å². The zero-order valence-corrected chi connectivity index (χ0v) is 13.4. The Bertz CT molecular complexity index is 648. The lowest BCUT2D eigenvalue weighted by atomic mass is 9.99. The van der Waals surface area contributed by atoms with E-state index in [0.29, 0.717) is 6.54 Å². The normalized spacial score (nSPS) is 22.1. The highest BCUT2D eigenvalue weighted by molar-refractivity contribution is 7.54. The third-order valence-electron chi connectivity index (χ3n) is 4.18. The molecule has 1 aromatic carbocycles. The zero-order chi connectivity index (χ0) is 15.4. The summed E-state index contributed by atoms with van der Waals surface area (Å²) in [6.45, 7) is 0.667. The molecule has 5 heteroatoms. The van der Waals surface area contributed by atoms with Crippen LogP contribution in [0.25, 0.3) is 0 Å². The Hall–Kier alpha value is -1.48. The van der Waals surface area contributed by atoms with Gasteiger partial charge in [-0.25, -0.2) is 4.67 Å². The van der Waals surface area contributed by atoms with E-state index in [2.05, 4.69) is 4.98 Å². The fourth-order valence-corrected chi connectivity index (χ4v) is 5.12. The molecule has 1 N–H and O–H groups in total. The number of benzene rings is 1. The predicted molar refractivity (Wildman–Crippen MR) is 87.5 cm³/mol. The quantitative estimate of drug-likeness (QED) is 0.866. The first-order valence-electron chi connectivity index (χ1n) is 7.69. The van der Waals surface area contributed by atoms with Crippen LogP contribution in [0.2, 0.25) is 0 Å². The smallest absolute Gasteiger partial charge is 0.274 e. The Labute approximate surface area is 131 Å². The van der Waals surface area contributed by atoms with E-state index in [-0.39, 0.29) is 12.2 Å². The second-order valence-electron chi connectivity index (χ2n) is 5.77. The van der Waals surface area contributed by atoms with Crippen LogP contribution >= 0.6 is 7.52 Å². The third-order valence-corrected chi connectivity index (χ3v) is 6.24. The van der Waals surface area contributed by atoms with Crippen LogP contribution in [0.1, 0.15) is 36.4 Å². The zero-order valence-electron chi connectivity index (χ0n) is 12.5. The van der Waals surface area contributed by atoms with Gasteiger partial charge in [0.15, 0.2) is 0 Å². The summed E-state index contributed by atoms with van der Waals surface area (Å²) in [5.41, 5.74) is 1.94. The van der Waals surface area contributed by atoms with E-state index in [1.807, 2.05) is 48.7 Å². The molecule has 2 atom stereocenters. The van der Waals surface area contributed by atoms with Crippen molar-refractivity contribution in [2.75, 3.05) is 6.54 Å². The van der Waals surface area contributed by atoms with Gasteiger partial charge in [-0.3, -0.25) is 9.55 Å². The van der Waals surface area contributed by atoms with E-state index in [0.717, 1.165) is 30.4 Å². The van der Waals surface area contributed by atoms with Crippen molar-refractivity contribution in [3.8, 4) is 0 Å². The van der Waals surface area contributed by atoms with Crippen LogP contribution in [0.3, 0.4) is 0 Å². The SMILES string of the molecule is O=P(O)(Cc1ccccc1)N1CCCC[C@H]1c1cccnc1. The monoisotopic (exact) mass is 316 g/mol. The van der Waals surface area contributed by atoms with Gasteiger partial charge >= 0.3 is 0 Å². The van der Waals surface area contributed by atoms with E-state index < -0.39 is 7.52 Å². The van der Waals surface area contributed by atoms with Gasteiger partial charge in [-0.1, -0.05) is 42.8 Å². The summed E-state index contributed by atoms with van der Waals surface area (Å²) < 4.78 is 14.8. The molecule has 2 heterocycles. The summed E-state index contributed by atoms with van der Waals surface area (Å²) in [5.74, 6) is 0. The molecule has 1 saturated heterocycles. The fourth-order valence-electron chi connectivity index (χ4n) is 3.11. The number of aromatic nitrogens is 1. The predicted octanol–water partition coefficient (Wildman–Crippen LogP) is 3.99. The van der Waals surface area contributed by atoms with Gasteiger partial charge in [0.2, 0.25) is 0 Å². The number of rotatable bonds is 4.